The first kappa shape index (κ1) is 17.4. The fourth-order valence-corrected chi connectivity index (χ4v) is 3.19. The van der Waals surface area contributed by atoms with E-state index in [0.29, 0.717) is 24.8 Å². The lowest BCUT2D eigenvalue weighted by Gasteiger charge is -2.31. The van der Waals surface area contributed by atoms with E-state index in [1.807, 2.05) is 6.92 Å². The first-order valence-corrected chi connectivity index (χ1v) is 8.15. The van der Waals surface area contributed by atoms with Crippen LogP contribution in [-0.4, -0.2) is 40.6 Å². The van der Waals surface area contributed by atoms with E-state index in [1.54, 1.807) is 0 Å². The van der Waals surface area contributed by atoms with E-state index in [-0.39, 0.29) is 0 Å². The Hall–Kier alpha value is -0.610. The molecule has 0 bridgehead atoms. The molecule has 0 aromatic carbocycles. The van der Waals surface area contributed by atoms with Crippen molar-refractivity contribution in [3.8, 4) is 0 Å². The molecule has 0 aliphatic heterocycles. The minimum atomic E-state index is -1.04. The summed E-state index contributed by atoms with van der Waals surface area (Å²) in [5.74, 6) is -0.208. The highest BCUT2D eigenvalue weighted by atomic mass is 16.4. The molecule has 1 aliphatic rings. The van der Waals surface area contributed by atoms with Crippen LogP contribution in [0.5, 0.6) is 0 Å². The molecule has 0 amide bonds. The zero-order chi connectivity index (χ0) is 15.2. The lowest BCUT2D eigenvalue weighted by Crippen LogP contribution is -2.48. The third kappa shape index (κ3) is 5.06. The van der Waals surface area contributed by atoms with Gasteiger partial charge < -0.3 is 15.7 Å². The smallest absolute Gasteiger partial charge is 0.323 e. The van der Waals surface area contributed by atoms with Gasteiger partial charge in [0.15, 0.2) is 0 Å². The van der Waals surface area contributed by atoms with Gasteiger partial charge in [0, 0.05) is 12.6 Å². The van der Waals surface area contributed by atoms with Crippen LogP contribution in [0.25, 0.3) is 0 Å². The minimum absolute atomic E-state index is 0.496. The first-order valence-electron chi connectivity index (χ1n) is 8.15. The van der Waals surface area contributed by atoms with E-state index >= 15 is 0 Å². The summed E-state index contributed by atoms with van der Waals surface area (Å²) in [6, 6.07) is 0.705. The first-order chi connectivity index (χ1) is 9.39. The number of hydrogen-bond donors (Lipinski definition) is 2. The van der Waals surface area contributed by atoms with Gasteiger partial charge in [0.25, 0.3) is 0 Å². The maximum atomic E-state index is 11.2. The van der Waals surface area contributed by atoms with Gasteiger partial charge >= 0.3 is 5.97 Å². The van der Waals surface area contributed by atoms with Gasteiger partial charge in [0.1, 0.15) is 5.54 Å². The van der Waals surface area contributed by atoms with Gasteiger partial charge in [-0.25, -0.2) is 0 Å². The molecule has 0 spiro atoms. The standard InChI is InChI=1S/C16H32N2O2/c1-4-16(17,15(19)20)10-7-11-18(12-13(2)3)14-8-5-6-9-14/h13-14H,4-12,17H2,1-3H3,(H,19,20). The van der Waals surface area contributed by atoms with Crippen LogP contribution < -0.4 is 5.73 Å². The molecule has 0 radical (unpaired) electrons. The molecular formula is C16H32N2O2. The largest absolute Gasteiger partial charge is 0.480 e. The van der Waals surface area contributed by atoms with Gasteiger partial charge in [-0.15, -0.1) is 0 Å². The Morgan fingerprint density at radius 3 is 2.45 bits per heavy atom. The molecule has 4 heteroatoms. The fourth-order valence-electron chi connectivity index (χ4n) is 3.19. The van der Waals surface area contributed by atoms with Crippen LogP contribution in [-0.2, 0) is 4.79 Å². The Labute approximate surface area is 123 Å². The average Bonchev–Trinajstić information content (AvgIpc) is 2.90. The highest BCUT2D eigenvalue weighted by molar-refractivity contribution is 5.78. The number of aliphatic carboxylic acids is 1. The van der Waals surface area contributed by atoms with Crippen LogP contribution in [0.4, 0.5) is 0 Å². The quantitative estimate of drug-likeness (QED) is 0.683. The summed E-state index contributed by atoms with van der Waals surface area (Å²) >= 11 is 0. The van der Waals surface area contributed by atoms with E-state index < -0.39 is 11.5 Å². The van der Waals surface area contributed by atoms with Crippen molar-refractivity contribution in [2.24, 2.45) is 11.7 Å². The predicted octanol–water partition coefficient (Wildman–Crippen LogP) is 2.86. The van der Waals surface area contributed by atoms with Crippen molar-refractivity contribution in [3.05, 3.63) is 0 Å². The molecule has 4 nitrogen and oxygen atoms in total. The lowest BCUT2D eigenvalue weighted by atomic mass is 9.91. The molecule has 3 N–H and O–H groups in total. The van der Waals surface area contributed by atoms with E-state index in [1.165, 1.54) is 25.7 Å². The third-order valence-electron chi connectivity index (χ3n) is 4.57. The third-order valence-corrected chi connectivity index (χ3v) is 4.57. The van der Waals surface area contributed by atoms with Crippen LogP contribution in [0.15, 0.2) is 0 Å². The summed E-state index contributed by atoms with van der Waals surface area (Å²) in [6.07, 6.45) is 7.21. The fraction of sp³-hybridized carbons (Fsp3) is 0.938. The number of carbonyl (C=O) groups is 1. The van der Waals surface area contributed by atoms with Crippen molar-refractivity contribution >= 4 is 5.97 Å². The van der Waals surface area contributed by atoms with E-state index in [4.69, 9.17) is 5.73 Å². The van der Waals surface area contributed by atoms with Gasteiger partial charge in [-0.2, -0.15) is 0 Å². The molecule has 1 rings (SSSR count). The molecule has 118 valence electrons. The van der Waals surface area contributed by atoms with E-state index in [0.717, 1.165) is 19.5 Å². The van der Waals surface area contributed by atoms with Crippen LogP contribution in [0.1, 0.15) is 65.7 Å². The Kier molecular flexibility index (Phi) is 6.96. The van der Waals surface area contributed by atoms with Crippen molar-refractivity contribution in [2.75, 3.05) is 13.1 Å². The molecule has 1 fully saturated rings. The number of rotatable bonds is 9. The maximum Gasteiger partial charge on any atom is 0.323 e. The minimum Gasteiger partial charge on any atom is -0.480 e. The summed E-state index contributed by atoms with van der Waals surface area (Å²) in [7, 11) is 0. The van der Waals surface area contributed by atoms with E-state index in [9.17, 15) is 9.90 Å². The van der Waals surface area contributed by atoms with Gasteiger partial charge in [-0.3, -0.25) is 4.79 Å². The summed E-state index contributed by atoms with van der Waals surface area (Å²) in [6.45, 7) is 8.45. The SMILES string of the molecule is CCC(N)(CCCN(CC(C)C)C1CCCC1)C(=O)O. The van der Waals surface area contributed by atoms with Gasteiger partial charge in [0.2, 0.25) is 0 Å². The number of carboxylic acids is 1. The highest BCUT2D eigenvalue weighted by Gasteiger charge is 2.32. The molecule has 1 atom stereocenters. The van der Waals surface area contributed by atoms with E-state index in [2.05, 4.69) is 18.7 Å². The topological polar surface area (TPSA) is 66.6 Å². The Morgan fingerprint density at radius 2 is 2.00 bits per heavy atom. The normalized spacial score (nSPS) is 19.7. The molecule has 20 heavy (non-hydrogen) atoms. The zero-order valence-electron chi connectivity index (χ0n) is 13.4. The summed E-state index contributed by atoms with van der Waals surface area (Å²) < 4.78 is 0. The summed E-state index contributed by atoms with van der Waals surface area (Å²) in [5, 5.41) is 9.22. The molecule has 0 saturated heterocycles. The summed E-state index contributed by atoms with van der Waals surface area (Å²) in [4.78, 5) is 13.8. The molecule has 1 saturated carbocycles. The lowest BCUT2D eigenvalue weighted by molar-refractivity contribution is -0.143. The Balaban J connectivity index is 2.47. The van der Waals surface area contributed by atoms with Gasteiger partial charge in [-0.1, -0.05) is 33.6 Å². The van der Waals surface area contributed by atoms with Crippen molar-refractivity contribution in [1.82, 2.24) is 4.90 Å². The second-order valence-corrected chi connectivity index (χ2v) is 6.75. The molecule has 0 aromatic heterocycles. The van der Waals surface area contributed by atoms with Crippen molar-refractivity contribution < 1.29 is 9.90 Å². The predicted molar refractivity (Wildman–Crippen MR) is 82.7 cm³/mol. The molecule has 0 heterocycles. The average molecular weight is 284 g/mol. The van der Waals surface area contributed by atoms with Crippen LogP contribution in [0, 0.1) is 5.92 Å². The number of hydrogen-bond acceptors (Lipinski definition) is 3. The van der Waals surface area contributed by atoms with Crippen molar-refractivity contribution in [1.29, 1.82) is 0 Å². The second-order valence-electron chi connectivity index (χ2n) is 6.75. The zero-order valence-corrected chi connectivity index (χ0v) is 13.4. The molecular weight excluding hydrogens is 252 g/mol. The monoisotopic (exact) mass is 284 g/mol. The summed E-state index contributed by atoms with van der Waals surface area (Å²) in [5.41, 5.74) is 4.92. The highest BCUT2D eigenvalue weighted by Crippen LogP contribution is 2.25. The maximum absolute atomic E-state index is 11.2. The van der Waals surface area contributed by atoms with Crippen molar-refractivity contribution in [2.45, 2.75) is 77.3 Å². The second kappa shape index (κ2) is 7.99. The van der Waals surface area contributed by atoms with Crippen molar-refractivity contribution in [3.63, 3.8) is 0 Å². The van der Waals surface area contributed by atoms with Crippen LogP contribution in [0.2, 0.25) is 0 Å². The number of nitrogens with zero attached hydrogens (tertiary/aromatic N) is 1. The molecule has 1 aliphatic carbocycles. The number of carboxylic acid groups (broad SMARTS) is 1. The Bertz CT molecular complexity index is 301. The van der Waals surface area contributed by atoms with Crippen LogP contribution >= 0.6 is 0 Å². The van der Waals surface area contributed by atoms with Gasteiger partial charge in [-0.05, 0) is 44.6 Å². The number of nitrogens with two attached hydrogens (primary N) is 1. The van der Waals surface area contributed by atoms with Gasteiger partial charge in [0.05, 0.1) is 0 Å². The molecule has 1 unspecified atom stereocenters. The molecule has 0 aromatic rings. The Morgan fingerprint density at radius 1 is 1.40 bits per heavy atom. The van der Waals surface area contributed by atoms with Crippen LogP contribution in [0.3, 0.4) is 0 Å².